The van der Waals surface area contributed by atoms with Crippen molar-refractivity contribution in [1.82, 2.24) is 5.32 Å². The van der Waals surface area contributed by atoms with Crippen LogP contribution in [0.3, 0.4) is 0 Å². The molecule has 18 heavy (non-hydrogen) atoms. The Bertz CT molecular complexity index is 359. The molecule has 1 saturated carbocycles. The molecule has 0 aliphatic heterocycles. The number of carbonyl (C=O) groups is 1. The Morgan fingerprint density at radius 2 is 2.06 bits per heavy atom. The van der Waals surface area contributed by atoms with Gasteiger partial charge in [-0.25, -0.2) is 0 Å². The van der Waals surface area contributed by atoms with Crippen molar-refractivity contribution < 1.29 is 14.5 Å². The topological polar surface area (TPSA) is 105 Å². The molecule has 0 aromatic heterocycles. The van der Waals surface area contributed by atoms with Gasteiger partial charge in [0.15, 0.2) is 0 Å². The van der Waals surface area contributed by atoms with Crippen LogP contribution in [-0.4, -0.2) is 30.3 Å². The van der Waals surface area contributed by atoms with Crippen LogP contribution in [0.1, 0.15) is 25.7 Å². The fraction of sp³-hybridized carbons (Fsp3) is 0.636. The maximum Gasteiger partial charge on any atom is 0.308 e. The van der Waals surface area contributed by atoms with Crippen LogP contribution in [0.5, 0.6) is 0 Å². The minimum atomic E-state index is -0.611. The first-order valence-corrected chi connectivity index (χ1v) is 5.77. The molecule has 0 amide bonds. The summed E-state index contributed by atoms with van der Waals surface area (Å²) >= 11 is 0. The Hall–Kier alpha value is -1.92. The molecule has 2 N–H and O–H groups in total. The minimum Gasteiger partial charge on any atom is -0.469 e. The first kappa shape index (κ1) is 14.1. The normalized spacial score (nSPS) is 24.2. The Labute approximate surface area is 105 Å². The van der Waals surface area contributed by atoms with Crippen LogP contribution in [0.25, 0.3) is 0 Å². The highest BCUT2D eigenvalue weighted by molar-refractivity contribution is 5.72. The van der Waals surface area contributed by atoms with Crippen molar-refractivity contribution in [3.05, 3.63) is 22.0 Å². The first-order valence-electron chi connectivity index (χ1n) is 5.77. The quantitative estimate of drug-likeness (QED) is 0.331. The average molecular weight is 255 g/mol. The molecule has 0 aromatic rings. The summed E-state index contributed by atoms with van der Waals surface area (Å²) in [5.74, 6) is -0.246. The van der Waals surface area contributed by atoms with Crippen LogP contribution in [-0.2, 0) is 9.53 Å². The van der Waals surface area contributed by atoms with Crippen molar-refractivity contribution in [1.29, 1.82) is 5.41 Å². The van der Waals surface area contributed by atoms with Crippen molar-refractivity contribution in [3.63, 3.8) is 0 Å². The van der Waals surface area contributed by atoms with Crippen molar-refractivity contribution >= 4 is 12.2 Å². The molecular weight excluding hydrogens is 238 g/mol. The number of nitrogens with zero attached hydrogens (tertiary/aromatic N) is 1. The molecule has 7 heteroatoms. The van der Waals surface area contributed by atoms with Gasteiger partial charge in [-0.05, 0) is 25.7 Å². The zero-order valence-electron chi connectivity index (χ0n) is 10.2. The predicted octanol–water partition coefficient (Wildman–Crippen LogP) is 1.08. The summed E-state index contributed by atoms with van der Waals surface area (Å²) < 4.78 is 4.68. The van der Waals surface area contributed by atoms with Crippen LogP contribution in [0, 0.1) is 21.4 Å². The second kappa shape index (κ2) is 6.73. The van der Waals surface area contributed by atoms with Gasteiger partial charge in [-0.1, -0.05) is 0 Å². The summed E-state index contributed by atoms with van der Waals surface area (Å²) in [6.07, 6.45) is 4.91. The third-order valence-corrected chi connectivity index (χ3v) is 3.09. The lowest BCUT2D eigenvalue weighted by atomic mass is 9.86. The maximum absolute atomic E-state index is 11.3. The van der Waals surface area contributed by atoms with Crippen molar-refractivity contribution in [3.8, 4) is 0 Å². The molecule has 0 bridgehead atoms. The molecule has 7 nitrogen and oxygen atoms in total. The second-order valence-electron chi connectivity index (χ2n) is 4.21. The van der Waals surface area contributed by atoms with Crippen LogP contribution in [0.4, 0.5) is 0 Å². The molecule has 100 valence electrons. The first-order chi connectivity index (χ1) is 8.58. The Kier molecular flexibility index (Phi) is 5.29. The zero-order chi connectivity index (χ0) is 13.5. The zero-order valence-corrected chi connectivity index (χ0v) is 10.2. The molecule has 1 aliphatic carbocycles. The summed E-state index contributed by atoms with van der Waals surface area (Å²) in [4.78, 5) is 21.2. The Balaban J connectivity index is 2.42. The van der Waals surface area contributed by atoms with Crippen molar-refractivity contribution in [2.75, 3.05) is 7.11 Å². The van der Waals surface area contributed by atoms with E-state index in [4.69, 9.17) is 5.41 Å². The molecule has 0 radical (unpaired) electrons. The predicted molar refractivity (Wildman–Crippen MR) is 64.8 cm³/mol. The highest BCUT2D eigenvalue weighted by atomic mass is 16.6. The lowest BCUT2D eigenvalue weighted by Gasteiger charge is -2.26. The van der Waals surface area contributed by atoms with Crippen LogP contribution in [0.15, 0.2) is 11.9 Å². The number of esters is 1. The van der Waals surface area contributed by atoms with E-state index in [-0.39, 0.29) is 23.6 Å². The molecule has 0 aromatic carbocycles. The monoisotopic (exact) mass is 255 g/mol. The molecule has 1 aliphatic rings. The molecule has 0 unspecified atom stereocenters. The standard InChI is InChI=1S/C11H17N3O4/c1-18-11(15)8-2-4-9(5-3-8)13-7-10(6-12)14(16)17/h6-9,12-13H,2-5H2,1H3/b10-7+,12-6?. The summed E-state index contributed by atoms with van der Waals surface area (Å²) in [5, 5.41) is 20.3. The average Bonchev–Trinajstić information content (AvgIpc) is 2.39. The Morgan fingerprint density at radius 1 is 1.44 bits per heavy atom. The van der Waals surface area contributed by atoms with Gasteiger partial charge in [-0.2, -0.15) is 0 Å². The number of carbonyl (C=O) groups excluding carboxylic acids is 1. The number of nitro groups is 1. The molecule has 0 saturated heterocycles. The van der Waals surface area contributed by atoms with E-state index in [0.29, 0.717) is 6.21 Å². The van der Waals surface area contributed by atoms with E-state index in [1.54, 1.807) is 0 Å². The fourth-order valence-corrected chi connectivity index (χ4v) is 2.01. The smallest absolute Gasteiger partial charge is 0.308 e. The van der Waals surface area contributed by atoms with E-state index < -0.39 is 4.92 Å². The van der Waals surface area contributed by atoms with E-state index in [0.717, 1.165) is 25.7 Å². The van der Waals surface area contributed by atoms with Gasteiger partial charge in [0, 0.05) is 6.04 Å². The number of rotatable bonds is 5. The van der Waals surface area contributed by atoms with Gasteiger partial charge >= 0.3 is 11.7 Å². The number of hydrogen-bond donors (Lipinski definition) is 2. The third-order valence-electron chi connectivity index (χ3n) is 3.09. The van der Waals surface area contributed by atoms with Gasteiger partial charge < -0.3 is 15.5 Å². The van der Waals surface area contributed by atoms with Crippen LogP contribution < -0.4 is 5.32 Å². The largest absolute Gasteiger partial charge is 0.469 e. The number of nitrogens with one attached hydrogen (secondary N) is 2. The lowest BCUT2D eigenvalue weighted by Crippen LogP contribution is -2.33. The third kappa shape index (κ3) is 3.83. The number of allylic oxidation sites excluding steroid dienone is 1. The summed E-state index contributed by atoms with van der Waals surface area (Å²) in [6.45, 7) is 0. The molecule has 1 fully saturated rings. The summed E-state index contributed by atoms with van der Waals surface area (Å²) in [6, 6.07) is 0.112. The van der Waals surface area contributed by atoms with Gasteiger partial charge in [-0.3, -0.25) is 14.9 Å². The van der Waals surface area contributed by atoms with Gasteiger partial charge in [0.2, 0.25) is 0 Å². The van der Waals surface area contributed by atoms with Crippen LogP contribution in [0.2, 0.25) is 0 Å². The SMILES string of the molecule is COC(=O)C1CCC(N/C=C(\C=N)[N+](=O)[O-])CC1. The number of methoxy groups -OCH3 is 1. The van der Waals surface area contributed by atoms with Gasteiger partial charge in [0.25, 0.3) is 0 Å². The highest BCUT2D eigenvalue weighted by Gasteiger charge is 2.26. The van der Waals surface area contributed by atoms with Crippen molar-refractivity contribution in [2.45, 2.75) is 31.7 Å². The second-order valence-corrected chi connectivity index (χ2v) is 4.21. The van der Waals surface area contributed by atoms with E-state index in [2.05, 4.69) is 10.1 Å². The molecule has 1 rings (SSSR count). The number of ether oxygens (including phenoxy) is 1. The van der Waals surface area contributed by atoms with E-state index in [1.807, 2.05) is 0 Å². The van der Waals surface area contributed by atoms with Gasteiger partial charge in [-0.15, -0.1) is 0 Å². The number of hydrogen-bond acceptors (Lipinski definition) is 6. The lowest BCUT2D eigenvalue weighted by molar-refractivity contribution is -0.414. The van der Waals surface area contributed by atoms with Gasteiger partial charge in [0.1, 0.15) is 0 Å². The highest BCUT2D eigenvalue weighted by Crippen LogP contribution is 2.25. The van der Waals surface area contributed by atoms with Crippen molar-refractivity contribution in [2.24, 2.45) is 5.92 Å². The van der Waals surface area contributed by atoms with E-state index in [1.165, 1.54) is 13.3 Å². The summed E-state index contributed by atoms with van der Waals surface area (Å²) in [7, 11) is 1.38. The van der Waals surface area contributed by atoms with Crippen LogP contribution >= 0.6 is 0 Å². The molecule has 0 spiro atoms. The van der Waals surface area contributed by atoms with Gasteiger partial charge in [0.05, 0.1) is 30.4 Å². The fourth-order valence-electron chi connectivity index (χ4n) is 2.01. The molecule has 0 atom stereocenters. The molecule has 0 heterocycles. The maximum atomic E-state index is 11.3. The molecular formula is C11H17N3O4. The van der Waals surface area contributed by atoms with E-state index >= 15 is 0 Å². The Morgan fingerprint density at radius 3 is 2.50 bits per heavy atom. The minimum absolute atomic E-state index is 0.0604. The van der Waals surface area contributed by atoms with E-state index in [9.17, 15) is 14.9 Å². The summed E-state index contributed by atoms with van der Waals surface area (Å²) in [5.41, 5.74) is -0.273.